The Balaban J connectivity index is 0.893. The molecule has 1 saturated carbocycles. The number of esters is 1. The summed E-state index contributed by atoms with van der Waals surface area (Å²) in [4.78, 5) is 69.1. The predicted molar refractivity (Wildman–Crippen MR) is 248 cm³/mol. The molecule has 1 aliphatic carbocycles. The third-order valence-electron chi connectivity index (χ3n) is 12.6. The summed E-state index contributed by atoms with van der Waals surface area (Å²) in [6.45, 7) is 7.31. The molecule has 19 heteroatoms. The Morgan fingerprint density at radius 2 is 1.62 bits per heavy atom. The number of anilines is 1. The van der Waals surface area contributed by atoms with Gasteiger partial charge in [0, 0.05) is 65.5 Å². The first-order chi connectivity index (χ1) is 32.7. The van der Waals surface area contributed by atoms with Crippen LogP contribution in [0.4, 0.5) is 10.1 Å². The summed E-state index contributed by atoms with van der Waals surface area (Å²) in [7, 11) is 2.94. The van der Waals surface area contributed by atoms with E-state index in [0.717, 1.165) is 18.9 Å². The lowest BCUT2D eigenvalue weighted by atomic mass is 10.0. The van der Waals surface area contributed by atoms with Crippen LogP contribution < -0.4 is 25.6 Å². The van der Waals surface area contributed by atoms with Crippen LogP contribution in [0, 0.1) is 19.7 Å². The van der Waals surface area contributed by atoms with Crippen LogP contribution in [0.25, 0.3) is 21.8 Å². The van der Waals surface area contributed by atoms with Crippen LogP contribution in [0.15, 0.2) is 67.0 Å². The van der Waals surface area contributed by atoms with E-state index >= 15 is 4.39 Å². The van der Waals surface area contributed by atoms with Crippen LogP contribution in [0.2, 0.25) is 5.02 Å². The van der Waals surface area contributed by atoms with Crippen LogP contribution in [0.5, 0.6) is 11.5 Å². The lowest BCUT2D eigenvalue weighted by Crippen LogP contribution is -2.51. The maximum atomic E-state index is 16.3. The highest BCUT2D eigenvalue weighted by Crippen LogP contribution is 2.45. The first kappa shape index (κ1) is 48.0. The summed E-state index contributed by atoms with van der Waals surface area (Å²) in [5.41, 5.74) is 1.74. The molecule has 17 nitrogen and oxygen atoms in total. The summed E-state index contributed by atoms with van der Waals surface area (Å²) in [6.07, 6.45) is 1.40. The average Bonchev–Trinajstić information content (AvgIpc) is 4.05. The molecule has 2 aliphatic rings. The van der Waals surface area contributed by atoms with E-state index in [0.29, 0.717) is 81.7 Å². The van der Waals surface area contributed by atoms with Gasteiger partial charge < -0.3 is 47.1 Å². The highest BCUT2D eigenvalue weighted by atomic mass is 35.5. The van der Waals surface area contributed by atoms with Gasteiger partial charge in [-0.05, 0) is 87.7 Å². The highest BCUT2D eigenvalue weighted by molar-refractivity contribution is 6.30. The molecule has 3 aromatic heterocycles. The number of halogens is 2. The number of carbonyl (C=O) groups excluding carboxylic acids is 2. The number of hydrogen-bond donors (Lipinski definition) is 1. The molecule has 3 aromatic carbocycles. The third-order valence-corrected chi connectivity index (χ3v) is 12.8. The maximum absolute atomic E-state index is 16.3. The van der Waals surface area contributed by atoms with E-state index < -0.39 is 34.6 Å². The number of aromatic carboxylic acids is 1. The standard InChI is InChI=1S/C49H52ClFN4O13/c1-27-25-53(16-15-52(27)26-40-29(3)67-49(61)68-40)44-37(51)23-36-43(46(44)63-5)55(32-10-11-32)39(42(45(36)57)48(59)60)14-17-64-18-19-65-20-21-66-41(56)24-34-28(2)54(38-13-12-33(62-4)22-35(34)38)47(58)30-6-8-31(50)9-7-30/h6-9,12-13,22-23,27,32H,10-11,14-21,24-26H2,1-5H3,(H,59,60). The molecule has 1 aliphatic heterocycles. The molecule has 360 valence electrons. The average molecular weight is 959 g/mol. The molecule has 0 radical (unpaired) electrons. The summed E-state index contributed by atoms with van der Waals surface area (Å²) in [6, 6.07) is 12.7. The molecule has 0 amide bonds. The molecule has 0 bridgehead atoms. The number of methoxy groups -OCH3 is 2. The minimum absolute atomic E-state index is 0.0419. The van der Waals surface area contributed by atoms with E-state index in [1.165, 1.54) is 14.2 Å². The molecule has 1 atom stereocenters. The van der Waals surface area contributed by atoms with Crippen LogP contribution in [-0.4, -0.2) is 110 Å². The minimum atomic E-state index is -1.43. The summed E-state index contributed by atoms with van der Waals surface area (Å²) < 4.78 is 58.3. The van der Waals surface area contributed by atoms with E-state index in [1.807, 2.05) is 16.4 Å². The van der Waals surface area contributed by atoms with Crippen molar-refractivity contribution in [1.29, 1.82) is 0 Å². The molecular formula is C49H52ClFN4O13. The molecule has 8 rings (SSSR count). The molecular weight excluding hydrogens is 907 g/mol. The molecule has 68 heavy (non-hydrogen) atoms. The number of pyridine rings is 1. The second-order valence-electron chi connectivity index (χ2n) is 16.9. The zero-order chi connectivity index (χ0) is 48.4. The van der Waals surface area contributed by atoms with Crippen molar-refractivity contribution in [1.82, 2.24) is 14.0 Å². The van der Waals surface area contributed by atoms with Gasteiger partial charge in [-0.25, -0.2) is 14.0 Å². The number of piperazine rings is 1. The van der Waals surface area contributed by atoms with Gasteiger partial charge in [0.1, 0.15) is 29.4 Å². The number of benzene rings is 3. The summed E-state index contributed by atoms with van der Waals surface area (Å²) >= 11 is 6.05. The van der Waals surface area contributed by atoms with Crippen LogP contribution in [0.3, 0.4) is 0 Å². The van der Waals surface area contributed by atoms with Crippen molar-refractivity contribution in [2.24, 2.45) is 0 Å². The first-order valence-corrected chi connectivity index (χ1v) is 22.7. The quantitative estimate of drug-likeness (QED) is 0.0663. The fourth-order valence-corrected chi connectivity index (χ4v) is 9.19. The SMILES string of the molecule is COc1ccc2c(c1)c(CC(=O)OCCOCCOCCc1c(C(=O)O)c(=O)c3cc(F)c(N4CCN(Cc5oc(=O)oc5C)C(C)C4)c(OC)c3n1C1CC1)c(C)n2C(=O)c1ccc(Cl)cc1. The number of carboxylic acids is 1. The Labute approximate surface area is 394 Å². The van der Waals surface area contributed by atoms with E-state index in [9.17, 15) is 29.1 Å². The topological polar surface area (TPSA) is 194 Å². The van der Waals surface area contributed by atoms with Crippen molar-refractivity contribution < 1.29 is 56.4 Å². The number of fused-ring (bicyclic) bond motifs is 2. The van der Waals surface area contributed by atoms with E-state index in [-0.39, 0.29) is 86.4 Å². The van der Waals surface area contributed by atoms with Crippen molar-refractivity contribution in [2.75, 3.05) is 71.8 Å². The normalized spacial score (nSPS) is 15.3. The van der Waals surface area contributed by atoms with Crippen molar-refractivity contribution in [2.45, 2.75) is 65.1 Å². The number of aromatic nitrogens is 2. The number of nitrogens with zero attached hydrogens (tertiary/aromatic N) is 4. The number of carboxylic acid groups (broad SMARTS) is 1. The van der Waals surface area contributed by atoms with Crippen LogP contribution >= 0.6 is 11.6 Å². The van der Waals surface area contributed by atoms with Crippen LogP contribution in [0.1, 0.15) is 75.0 Å². The molecule has 1 unspecified atom stereocenters. The van der Waals surface area contributed by atoms with Gasteiger partial charge >= 0.3 is 17.8 Å². The first-order valence-electron chi connectivity index (χ1n) is 22.3. The van der Waals surface area contributed by atoms with Gasteiger partial charge in [0.05, 0.1) is 70.0 Å². The molecule has 2 fully saturated rings. The number of hydrogen-bond acceptors (Lipinski definition) is 14. The molecule has 1 saturated heterocycles. The second kappa shape index (κ2) is 20.4. The van der Waals surface area contributed by atoms with Gasteiger partial charge in [-0.15, -0.1) is 0 Å². The predicted octanol–water partition coefficient (Wildman–Crippen LogP) is 6.72. The van der Waals surface area contributed by atoms with Crippen LogP contribution in [-0.2, 0) is 38.4 Å². The van der Waals surface area contributed by atoms with Gasteiger partial charge in [-0.3, -0.25) is 23.9 Å². The Morgan fingerprint density at radius 3 is 2.26 bits per heavy atom. The maximum Gasteiger partial charge on any atom is 0.519 e. The monoisotopic (exact) mass is 958 g/mol. The van der Waals surface area contributed by atoms with Gasteiger partial charge in [-0.2, -0.15) is 0 Å². The lowest BCUT2D eigenvalue weighted by Gasteiger charge is -2.41. The number of carbonyl (C=O) groups is 3. The number of aryl methyl sites for hydroxylation is 1. The zero-order valence-electron chi connectivity index (χ0n) is 38.4. The fourth-order valence-electron chi connectivity index (χ4n) is 9.06. The van der Waals surface area contributed by atoms with Gasteiger partial charge in [0.25, 0.3) is 5.91 Å². The van der Waals surface area contributed by atoms with Crippen molar-refractivity contribution in [3.63, 3.8) is 0 Å². The Hall–Kier alpha value is -6.47. The summed E-state index contributed by atoms with van der Waals surface area (Å²) in [5, 5.41) is 11.5. The fraction of sp³-hybridized carbons (Fsp3) is 0.408. The number of ether oxygens (including phenoxy) is 5. The molecule has 1 N–H and O–H groups in total. The van der Waals surface area contributed by atoms with E-state index in [4.69, 9.17) is 44.1 Å². The zero-order valence-corrected chi connectivity index (χ0v) is 39.1. The smallest absolute Gasteiger partial charge is 0.497 e. The highest BCUT2D eigenvalue weighted by Gasteiger charge is 2.36. The second-order valence-corrected chi connectivity index (χ2v) is 17.3. The Kier molecular flexibility index (Phi) is 14.4. The van der Waals surface area contributed by atoms with Crippen molar-refractivity contribution >= 4 is 56.9 Å². The van der Waals surface area contributed by atoms with Gasteiger partial charge in [0.15, 0.2) is 17.3 Å². The van der Waals surface area contributed by atoms with E-state index in [1.54, 1.807) is 60.9 Å². The lowest BCUT2D eigenvalue weighted by molar-refractivity contribution is -0.144. The Morgan fingerprint density at radius 1 is 0.897 bits per heavy atom. The molecule has 6 aromatic rings. The molecule has 4 heterocycles. The molecule has 0 spiro atoms. The van der Waals surface area contributed by atoms with Gasteiger partial charge in [0.2, 0.25) is 5.43 Å². The van der Waals surface area contributed by atoms with Crippen molar-refractivity contribution in [3.8, 4) is 11.5 Å². The third kappa shape index (κ3) is 9.76. The summed E-state index contributed by atoms with van der Waals surface area (Å²) in [5.74, 6) is -2.17. The Bertz CT molecular complexity index is 3010. The minimum Gasteiger partial charge on any atom is -0.497 e. The van der Waals surface area contributed by atoms with Gasteiger partial charge in [-0.1, -0.05) is 11.6 Å². The van der Waals surface area contributed by atoms with E-state index in [2.05, 4.69) is 4.90 Å². The number of rotatable bonds is 19. The largest absolute Gasteiger partial charge is 0.519 e. The van der Waals surface area contributed by atoms with Crippen molar-refractivity contribution in [3.05, 3.63) is 120 Å².